The van der Waals surface area contributed by atoms with Crippen molar-refractivity contribution in [3.63, 3.8) is 0 Å². The summed E-state index contributed by atoms with van der Waals surface area (Å²) < 4.78 is 4.93. The van der Waals surface area contributed by atoms with Crippen LogP contribution >= 0.6 is 0 Å². The van der Waals surface area contributed by atoms with Crippen molar-refractivity contribution < 1.29 is 14.3 Å². The Balaban J connectivity index is 2.03. The zero-order valence-electron chi connectivity index (χ0n) is 12.4. The average Bonchev–Trinajstić information content (AvgIpc) is 2.90. The molecule has 4 heteroatoms. The fourth-order valence-electron chi connectivity index (χ4n) is 2.74. The summed E-state index contributed by atoms with van der Waals surface area (Å²) >= 11 is 0. The molecule has 1 amide bonds. The molecule has 0 radical (unpaired) electrons. The molecule has 0 bridgehead atoms. The Morgan fingerprint density at radius 1 is 1.33 bits per heavy atom. The lowest BCUT2D eigenvalue weighted by atomic mass is 10.0. The van der Waals surface area contributed by atoms with E-state index in [0.717, 1.165) is 12.8 Å². The number of benzene rings is 1. The van der Waals surface area contributed by atoms with E-state index in [9.17, 15) is 9.59 Å². The number of rotatable bonds is 6. The molecule has 0 aromatic heterocycles. The molecule has 0 aliphatic heterocycles. The number of fused-ring (bicyclic) bond motifs is 1. The first kappa shape index (κ1) is 15.3. The van der Waals surface area contributed by atoms with E-state index in [1.807, 2.05) is 12.1 Å². The number of esters is 1. The summed E-state index contributed by atoms with van der Waals surface area (Å²) in [4.78, 5) is 25.8. The fraction of sp³-hybridized carbons (Fsp3) is 0.412. The second-order valence-electron chi connectivity index (χ2n) is 5.19. The number of hydrogen-bond donors (Lipinski definition) is 0. The molecule has 1 aliphatic carbocycles. The highest BCUT2D eigenvalue weighted by molar-refractivity contribution is 5.84. The van der Waals surface area contributed by atoms with Crippen LogP contribution in [0.5, 0.6) is 0 Å². The predicted molar refractivity (Wildman–Crippen MR) is 80.8 cm³/mol. The lowest BCUT2D eigenvalue weighted by molar-refractivity contribution is -0.149. The van der Waals surface area contributed by atoms with Crippen LogP contribution in [0.4, 0.5) is 0 Å². The molecule has 1 aliphatic rings. The number of carbonyl (C=O) groups excluding carboxylic acids is 2. The van der Waals surface area contributed by atoms with Gasteiger partial charge in [0.2, 0.25) is 5.91 Å². The maximum absolute atomic E-state index is 12.6. The van der Waals surface area contributed by atoms with E-state index in [2.05, 4.69) is 18.7 Å². The third-order valence-corrected chi connectivity index (χ3v) is 3.69. The molecule has 0 spiro atoms. The third-order valence-electron chi connectivity index (χ3n) is 3.69. The van der Waals surface area contributed by atoms with Gasteiger partial charge in [-0.2, -0.15) is 0 Å². The Morgan fingerprint density at radius 3 is 2.48 bits per heavy atom. The number of hydrogen-bond acceptors (Lipinski definition) is 3. The van der Waals surface area contributed by atoms with Gasteiger partial charge < -0.3 is 9.64 Å². The monoisotopic (exact) mass is 287 g/mol. The molecule has 0 heterocycles. The topological polar surface area (TPSA) is 46.6 Å². The van der Waals surface area contributed by atoms with Gasteiger partial charge in [0.05, 0.1) is 6.61 Å². The summed E-state index contributed by atoms with van der Waals surface area (Å²) in [5.41, 5.74) is 2.45. The van der Waals surface area contributed by atoms with Crippen molar-refractivity contribution >= 4 is 11.9 Å². The SMILES string of the molecule is C=CCN(CC(=O)OCC)C(=O)C1Cc2ccccc2C1. The van der Waals surface area contributed by atoms with Gasteiger partial charge in [0.1, 0.15) is 6.54 Å². The van der Waals surface area contributed by atoms with Crippen molar-refractivity contribution in [2.24, 2.45) is 5.92 Å². The van der Waals surface area contributed by atoms with Crippen LogP contribution in [0.15, 0.2) is 36.9 Å². The summed E-state index contributed by atoms with van der Waals surface area (Å²) in [6.07, 6.45) is 3.12. The maximum Gasteiger partial charge on any atom is 0.325 e. The molecule has 0 saturated carbocycles. The molecule has 0 fully saturated rings. The zero-order chi connectivity index (χ0) is 15.2. The van der Waals surface area contributed by atoms with Crippen LogP contribution in [-0.4, -0.2) is 36.5 Å². The highest BCUT2D eigenvalue weighted by Crippen LogP contribution is 2.27. The highest BCUT2D eigenvalue weighted by Gasteiger charge is 2.31. The molecule has 4 nitrogen and oxygen atoms in total. The van der Waals surface area contributed by atoms with E-state index >= 15 is 0 Å². The van der Waals surface area contributed by atoms with Crippen LogP contribution in [0.25, 0.3) is 0 Å². The van der Waals surface area contributed by atoms with Gasteiger partial charge in [-0.3, -0.25) is 9.59 Å². The van der Waals surface area contributed by atoms with Crippen molar-refractivity contribution in [3.8, 4) is 0 Å². The van der Waals surface area contributed by atoms with Gasteiger partial charge in [0.25, 0.3) is 0 Å². The molecule has 0 unspecified atom stereocenters. The normalized spacial score (nSPS) is 13.6. The Hall–Kier alpha value is -2.10. The first-order valence-electron chi connectivity index (χ1n) is 7.27. The van der Waals surface area contributed by atoms with Gasteiger partial charge >= 0.3 is 5.97 Å². The Kier molecular flexibility index (Phi) is 5.14. The van der Waals surface area contributed by atoms with E-state index in [1.54, 1.807) is 13.0 Å². The van der Waals surface area contributed by atoms with Crippen LogP contribution in [0.3, 0.4) is 0 Å². The predicted octanol–water partition coefficient (Wildman–Crippen LogP) is 1.98. The van der Waals surface area contributed by atoms with Crippen molar-refractivity contribution in [2.75, 3.05) is 19.7 Å². The van der Waals surface area contributed by atoms with E-state index in [0.29, 0.717) is 13.2 Å². The van der Waals surface area contributed by atoms with Crippen LogP contribution in [-0.2, 0) is 27.2 Å². The largest absolute Gasteiger partial charge is 0.465 e. The average molecular weight is 287 g/mol. The molecule has 1 aromatic carbocycles. The molecule has 21 heavy (non-hydrogen) atoms. The first-order chi connectivity index (χ1) is 10.2. The number of nitrogens with zero attached hydrogens (tertiary/aromatic N) is 1. The Labute approximate surface area is 125 Å². The summed E-state index contributed by atoms with van der Waals surface area (Å²) in [5.74, 6) is -0.459. The molecule has 2 rings (SSSR count). The summed E-state index contributed by atoms with van der Waals surface area (Å²) in [6, 6.07) is 8.11. The lowest BCUT2D eigenvalue weighted by Crippen LogP contribution is -2.40. The molecular weight excluding hydrogens is 266 g/mol. The van der Waals surface area contributed by atoms with Gasteiger partial charge in [0.15, 0.2) is 0 Å². The number of carbonyl (C=O) groups is 2. The Morgan fingerprint density at radius 2 is 1.95 bits per heavy atom. The minimum Gasteiger partial charge on any atom is -0.465 e. The molecule has 1 aromatic rings. The maximum atomic E-state index is 12.6. The molecule has 0 N–H and O–H groups in total. The van der Waals surface area contributed by atoms with Gasteiger partial charge in [-0.25, -0.2) is 0 Å². The fourth-order valence-corrected chi connectivity index (χ4v) is 2.74. The summed E-state index contributed by atoms with van der Waals surface area (Å²) in [6.45, 7) is 6.09. The summed E-state index contributed by atoms with van der Waals surface area (Å²) in [5, 5.41) is 0. The lowest BCUT2D eigenvalue weighted by Gasteiger charge is -2.23. The highest BCUT2D eigenvalue weighted by atomic mass is 16.5. The quantitative estimate of drug-likeness (QED) is 0.594. The number of amides is 1. The van der Waals surface area contributed by atoms with Gasteiger partial charge in [-0.15, -0.1) is 6.58 Å². The third kappa shape index (κ3) is 3.72. The van der Waals surface area contributed by atoms with Crippen LogP contribution in [0, 0.1) is 5.92 Å². The zero-order valence-corrected chi connectivity index (χ0v) is 12.4. The van der Waals surface area contributed by atoms with Crippen LogP contribution in [0.2, 0.25) is 0 Å². The first-order valence-corrected chi connectivity index (χ1v) is 7.27. The Bertz CT molecular complexity index is 514. The molecule has 0 saturated heterocycles. The smallest absolute Gasteiger partial charge is 0.325 e. The van der Waals surface area contributed by atoms with Crippen molar-refractivity contribution in [1.29, 1.82) is 0 Å². The van der Waals surface area contributed by atoms with Crippen molar-refractivity contribution in [1.82, 2.24) is 4.90 Å². The minimum absolute atomic E-state index is 0.000784. The second kappa shape index (κ2) is 7.07. The van der Waals surface area contributed by atoms with Gasteiger partial charge in [0, 0.05) is 12.5 Å². The van der Waals surface area contributed by atoms with E-state index < -0.39 is 0 Å². The van der Waals surface area contributed by atoms with Gasteiger partial charge in [-0.1, -0.05) is 30.3 Å². The minimum atomic E-state index is -0.372. The number of ether oxygens (including phenoxy) is 1. The van der Waals surface area contributed by atoms with Gasteiger partial charge in [-0.05, 0) is 30.9 Å². The van der Waals surface area contributed by atoms with Crippen LogP contribution < -0.4 is 0 Å². The van der Waals surface area contributed by atoms with E-state index in [1.165, 1.54) is 16.0 Å². The van der Waals surface area contributed by atoms with E-state index in [4.69, 9.17) is 4.74 Å². The second-order valence-corrected chi connectivity index (χ2v) is 5.19. The summed E-state index contributed by atoms with van der Waals surface area (Å²) in [7, 11) is 0. The van der Waals surface area contributed by atoms with Crippen LogP contribution in [0.1, 0.15) is 18.1 Å². The molecule has 0 atom stereocenters. The standard InChI is InChI=1S/C17H21NO3/c1-3-9-18(12-16(19)21-4-2)17(20)15-10-13-7-5-6-8-14(13)11-15/h3,5-8,15H,1,4,9-12H2,2H3. The van der Waals surface area contributed by atoms with Crippen molar-refractivity contribution in [3.05, 3.63) is 48.0 Å². The molecule has 112 valence electrons. The molecular formula is C17H21NO3. The van der Waals surface area contributed by atoms with E-state index in [-0.39, 0.29) is 24.3 Å². The van der Waals surface area contributed by atoms with Crippen molar-refractivity contribution in [2.45, 2.75) is 19.8 Å².